The van der Waals surface area contributed by atoms with Gasteiger partial charge in [0, 0.05) is 19.6 Å². The second-order valence-electron chi connectivity index (χ2n) is 8.70. The van der Waals surface area contributed by atoms with Gasteiger partial charge in [0.2, 0.25) is 0 Å². The molecule has 2 saturated heterocycles. The number of guanidine groups is 1. The Kier molecular flexibility index (Phi) is 10.9. The number of hydrogen-bond donors (Lipinski definition) is 3. The summed E-state index contributed by atoms with van der Waals surface area (Å²) in [6, 6.07) is 3.77. The number of nitrogens with zero attached hydrogens (tertiary/aromatic N) is 3. The number of rotatable bonds is 10. The van der Waals surface area contributed by atoms with Crippen molar-refractivity contribution in [1.29, 1.82) is 0 Å². The summed E-state index contributed by atoms with van der Waals surface area (Å²) in [6.45, 7) is 10.2. The number of halogens is 1. The molecule has 2 aliphatic heterocycles. The molecular formula is C23H39IN6O3. The van der Waals surface area contributed by atoms with Gasteiger partial charge in [-0.05, 0) is 64.8 Å². The molecule has 2 atom stereocenters. The van der Waals surface area contributed by atoms with Gasteiger partial charge < -0.3 is 20.4 Å². The summed E-state index contributed by atoms with van der Waals surface area (Å²) in [6.07, 6.45) is 6.65. The largest absolute Gasteiger partial charge is 0.468 e. The van der Waals surface area contributed by atoms with Crippen LogP contribution in [-0.4, -0.2) is 72.5 Å². The first-order valence-corrected chi connectivity index (χ1v) is 11.9. The molecular weight excluding hydrogens is 535 g/mol. The predicted octanol–water partition coefficient (Wildman–Crippen LogP) is 3.09. The van der Waals surface area contributed by atoms with Crippen LogP contribution in [-0.2, 0) is 4.79 Å². The first kappa shape index (κ1) is 27.4. The number of imide groups is 1. The topological polar surface area (TPSA) is 102 Å². The van der Waals surface area contributed by atoms with Gasteiger partial charge in [-0.25, -0.2) is 4.79 Å². The van der Waals surface area contributed by atoms with Gasteiger partial charge in [-0.2, -0.15) is 0 Å². The highest BCUT2D eigenvalue weighted by molar-refractivity contribution is 14.0. The van der Waals surface area contributed by atoms with Crippen LogP contribution in [0.3, 0.4) is 0 Å². The molecule has 0 radical (unpaired) electrons. The minimum absolute atomic E-state index is 0. The van der Waals surface area contributed by atoms with E-state index in [4.69, 9.17) is 9.41 Å². The highest BCUT2D eigenvalue weighted by atomic mass is 127. The highest BCUT2D eigenvalue weighted by Crippen LogP contribution is 2.25. The Bertz CT molecular complexity index is 781. The SMILES string of the molecule is CCNC(=NCC(c1ccco1)N1CCCCC1)NCCCN1C(=O)NC(C)(CC)C1=O.I. The lowest BCUT2D eigenvalue weighted by Crippen LogP contribution is -2.43. The number of furan rings is 1. The number of likely N-dealkylation sites (tertiary alicyclic amines) is 1. The van der Waals surface area contributed by atoms with Crippen molar-refractivity contribution in [2.24, 2.45) is 4.99 Å². The standard InChI is InChI=1S/C23H38N6O3.HI/c1-4-23(3)20(30)29(22(31)27-23)15-10-12-25-21(24-5-2)26-17-18(19-11-9-16-32-19)28-13-7-6-8-14-28;/h9,11,16,18H,4-8,10,12-15,17H2,1-3H3,(H,27,31)(H2,24,25,26);1H. The van der Waals surface area contributed by atoms with Crippen LogP contribution < -0.4 is 16.0 Å². The number of urea groups is 1. The van der Waals surface area contributed by atoms with Crippen LogP contribution in [0.5, 0.6) is 0 Å². The van der Waals surface area contributed by atoms with Gasteiger partial charge in [-0.3, -0.25) is 19.6 Å². The van der Waals surface area contributed by atoms with E-state index in [2.05, 4.69) is 20.9 Å². The van der Waals surface area contributed by atoms with Gasteiger partial charge in [-0.15, -0.1) is 24.0 Å². The lowest BCUT2D eigenvalue weighted by Gasteiger charge is -2.32. The fourth-order valence-electron chi connectivity index (χ4n) is 4.25. The summed E-state index contributed by atoms with van der Waals surface area (Å²) in [7, 11) is 0. The van der Waals surface area contributed by atoms with Crippen molar-refractivity contribution in [3.8, 4) is 0 Å². The van der Waals surface area contributed by atoms with E-state index >= 15 is 0 Å². The van der Waals surface area contributed by atoms with Crippen molar-refractivity contribution in [3.05, 3.63) is 24.2 Å². The maximum atomic E-state index is 12.5. The summed E-state index contributed by atoms with van der Waals surface area (Å²) in [5.41, 5.74) is -0.782. The minimum Gasteiger partial charge on any atom is -0.468 e. The molecule has 0 spiro atoms. The van der Waals surface area contributed by atoms with Gasteiger partial charge in [-0.1, -0.05) is 13.3 Å². The molecule has 186 valence electrons. The highest BCUT2D eigenvalue weighted by Gasteiger charge is 2.45. The molecule has 2 aliphatic rings. The quantitative estimate of drug-likeness (QED) is 0.131. The molecule has 3 rings (SSSR count). The Labute approximate surface area is 214 Å². The van der Waals surface area contributed by atoms with Crippen LogP contribution in [0.1, 0.15) is 64.7 Å². The molecule has 33 heavy (non-hydrogen) atoms. The maximum absolute atomic E-state index is 12.5. The van der Waals surface area contributed by atoms with E-state index in [-0.39, 0.29) is 42.0 Å². The number of amides is 3. The third kappa shape index (κ3) is 7.08. The van der Waals surface area contributed by atoms with Crippen molar-refractivity contribution in [1.82, 2.24) is 25.8 Å². The number of hydrogen-bond acceptors (Lipinski definition) is 5. The van der Waals surface area contributed by atoms with Gasteiger partial charge in [0.25, 0.3) is 5.91 Å². The molecule has 1 aromatic rings. The Morgan fingerprint density at radius 3 is 2.61 bits per heavy atom. The van der Waals surface area contributed by atoms with Crippen LogP contribution in [0.15, 0.2) is 27.8 Å². The van der Waals surface area contributed by atoms with Gasteiger partial charge in [0.15, 0.2) is 5.96 Å². The number of nitrogens with one attached hydrogen (secondary N) is 3. The second-order valence-corrected chi connectivity index (χ2v) is 8.70. The number of carbonyl (C=O) groups is 2. The zero-order chi connectivity index (χ0) is 23.0. The molecule has 3 heterocycles. The zero-order valence-electron chi connectivity index (χ0n) is 20.1. The van der Waals surface area contributed by atoms with E-state index in [0.29, 0.717) is 32.5 Å². The van der Waals surface area contributed by atoms with Crippen LogP contribution in [0, 0.1) is 0 Å². The molecule has 10 heteroatoms. The normalized spacial score (nSPS) is 22.6. The minimum atomic E-state index is -0.782. The first-order valence-electron chi connectivity index (χ1n) is 11.9. The van der Waals surface area contributed by atoms with Gasteiger partial charge >= 0.3 is 6.03 Å². The molecule has 3 amide bonds. The fraction of sp³-hybridized carbons (Fsp3) is 0.696. The molecule has 2 fully saturated rings. The Hall–Kier alpha value is -1.82. The van der Waals surface area contributed by atoms with Gasteiger partial charge in [0.1, 0.15) is 11.3 Å². The van der Waals surface area contributed by atoms with E-state index in [9.17, 15) is 9.59 Å². The maximum Gasteiger partial charge on any atom is 0.325 e. The Morgan fingerprint density at radius 1 is 1.24 bits per heavy atom. The second kappa shape index (κ2) is 13.2. The van der Waals surface area contributed by atoms with E-state index in [1.807, 2.05) is 26.0 Å². The third-order valence-corrected chi connectivity index (χ3v) is 6.37. The monoisotopic (exact) mass is 574 g/mol. The summed E-state index contributed by atoms with van der Waals surface area (Å²) >= 11 is 0. The number of carbonyl (C=O) groups excluding carboxylic acids is 2. The summed E-state index contributed by atoms with van der Waals surface area (Å²) in [5, 5.41) is 9.41. The molecule has 0 aromatic carbocycles. The number of piperidine rings is 1. The van der Waals surface area contributed by atoms with E-state index in [1.54, 1.807) is 13.2 Å². The molecule has 9 nitrogen and oxygen atoms in total. The van der Waals surface area contributed by atoms with E-state index < -0.39 is 5.54 Å². The Morgan fingerprint density at radius 2 is 2.00 bits per heavy atom. The van der Waals surface area contributed by atoms with Crippen molar-refractivity contribution in [2.75, 3.05) is 39.3 Å². The molecule has 2 unspecified atom stereocenters. The van der Waals surface area contributed by atoms with Crippen molar-refractivity contribution >= 4 is 41.9 Å². The van der Waals surface area contributed by atoms with Crippen molar-refractivity contribution in [3.63, 3.8) is 0 Å². The van der Waals surface area contributed by atoms with Crippen LogP contribution >= 0.6 is 24.0 Å². The average Bonchev–Trinajstić information content (AvgIpc) is 3.40. The molecule has 1 aromatic heterocycles. The van der Waals surface area contributed by atoms with Crippen LogP contribution in [0.4, 0.5) is 4.79 Å². The number of aliphatic imine (C=N–C) groups is 1. The molecule has 0 aliphatic carbocycles. The fourth-order valence-corrected chi connectivity index (χ4v) is 4.25. The van der Waals surface area contributed by atoms with Crippen molar-refractivity contribution < 1.29 is 14.0 Å². The summed E-state index contributed by atoms with van der Waals surface area (Å²) in [4.78, 5) is 33.3. The molecule has 0 saturated carbocycles. The Balaban J connectivity index is 0.00000385. The molecule has 0 bridgehead atoms. The summed E-state index contributed by atoms with van der Waals surface area (Å²) < 4.78 is 5.72. The van der Waals surface area contributed by atoms with Crippen molar-refractivity contribution in [2.45, 2.75) is 64.5 Å². The smallest absolute Gasteiger partial charge is 0.325 e. The van der Waals surface area contributed by atoms with E-state index in [1.165, 1.54) is 24.2 Å². The van der Waals surface area contributed by atoms with E-state index in [0.717, 1.165) is 31.4 Å². The average molecular weight is 575 g/mol. The molecule has 3 N–H and O–H groups in total. The first-order chi connectivity index (χ1) is 15.5. The van der Waals surface area contributed by atoms with Gasteiger partial charge in [0.05, 0.1) is 18.8 Å². The predicted molar refractivity (Wildman–Crippen MR) is 140 cm³/mol. The zero-order valence-corrected chi connectivity index (χ0v) is 22.4. The van der Waals surface area contributed by atoms with Crippen LogP contribution in [0.2, 0.25) is 0 Å². The lowest BCUT2D eigenvalue weighted by molar-refractivity contribution is -0.130. The lowest BCUT2D eigenvalue weighted by atomic mass is 9.99. The van der Waals surface area contributed by atoms with Crippen LogP contribution in [0.25, 0.3) is 0 Å². The summed E-state index contributed by atoms with van der Waals surface area (Å²) in [5.74, 6) is 1.54. The third-order valence-electron chi connectivity index (χ3n) is 6.37.